The third-order valence-electron chi connectivity index (χ3n) is 4.27. The van der Waals surface area contributed by atoms with E-state index in [0.29, 0.717) is 16.7 Å². The van der Waals surface area contributed by atoms with Crippen molar-refractivity contribution in [2.24, 2.45) is 0 Å². The summed E-state index contributed by atoms with van der Waals surface area (Å²) in [5.41, 5.74) is 12.8. The van der Waals surface area contributed by atoms with Crippen molar-refractivity contribution in [2.45, 2.75) is 9.79 Å². The Bertz CT molecular complexity index is 1270. The number of halogens is 1. The molecular formula is C22H17FN6S. The molecule has 0 aliphatic rings. The van der Waals surface area contributed by atoms with Crippen LogP contribution < -0.4 is 11.5 Å². The van der Waals surface area contributed by atoms with E-state index in [9.17, 15) is 4.39 Å². The quantitative estimate of drug-likeness (QED) is 0.429. The maximum atomic E-state index is 13.1. The first-order chi connectivity index (χ1) is 14.6. The minimum absolute atomic E-state index is 0.179. The number of hydrogen-bond acceptors (Lipinski definition) is 7. The molecule has 2 aromatic heterocycles. The zero-order chi connectivity index (χ0) is 20.9. The molecule has 6 nitrogen and oxygen atoms in total. The van der Waals surface area contributed by atoms with Crippen LogP contribution in [0.3, 0.4) is 0 Å². The van der Waals surface area contributed by atoms with E-state index in [4.69, 9.17) is 11.5 Å². The fourth-order valence-electron chi connectivity index (χ4n) is 2.89. The second-order valence-electron chi connectivity index (χ2n) is 6.22. The Kier molecular flexibility index (Phi) is 5.67. The van der Waals surface area contributed by atoms with Crippen LogP contribution >= 0.6 is 11.8 Å². The number of nitrogen functional groups attached to an aromatic ring is 2. The van der Waals surface area contributed by atoms with Crippen LogP contribution in [0.2, 0.25) is 0 Å². The van der Waals surface area contributed by atoms with Gasteiger partial charge in [-0.3, -0.25) is 0 Å². The Balaban J connectivity index is 0.000000158. The van der Waals surface area contributed by atoms with Crippen molar-refractivity contribution < 1.29 is 4.39 Å². The van der Waals surface area contributed by atoms with Gasteiger partial charge in [-0.2, -0.15) is 0 Å². The van der Waals surface area contributed by atoms with E-state index >= 15 is 0 Å². The minimum atomic E-state index is -0.384. The second-order valence-corrected chi connectivity index (χ2v) is 7.33. The van der Waals surface area contributed by atoms with E-state index in [0.717, 1.165) is 15.8 Å². The highest BCUT2D eigenvalue weighted by molar-refractivity contribution is 7.99. The van der Waals surface area contributed by atoms with Crippen LogP contribution in [0.5, 0.6) is 0 Å². The fourth-order valence-corrected chi connectivity index (χ4v) is 3.90. The molecule has 0 bridgehead atoms. The first kappa shape index (κ1) is 19.5. The molecule has 4 N–H and O–H groups in total. The molecule has 0 amide bonds. The van der Waals surface area contributed by atoms with Gasteiger partial charge in [0.2, 0.25) is 0 Å². The highest BCUT2D eigenvalue weighted by Gasteiger charge is 2.07. The average Bonchev–Trinajstić information content (AvgIpc) is 2.75. The second kappa shape index (κ2) is 8.71. The Morgan fingerprint density at radius 2 is 1.23 bits per heavy atom. The van der Waals surface area contributed by atoms with Crippen molar-refractivity contribution >= 4 is 45.2 Å². The molecule has 0 radical (unpaired) electrons. The SMILES string of the molecule is Nc1ncnc2cccc(F)c12.Nc1ncnc2cccc(Sc3ccccc3)c12. The molecule has 0 saturated carbocycles. The molecular weight excluding hydrogens is 399 g/mol. The van der Waals surface area contributed by atoms with Gasteiger partial charge in [0.25, 0.3) is 0 Å². The standard InChI is InChI=1S/C14H11N3S.C8H6FN3/c15-14-13-11(16-9-17-14)7-4-8-12(13)18-10-5-2-1-3-6-10;9-5-2-1-3-6-7(5)8(10)12-4-11-6/h1-9H,(H2,15,16,17);1-4H,(H2,10,11,12). The largest absolute Gasteiger partial charge is 0.383 e. The summed E-state index contributed by atoms with van der Waals surface area (Å²) in [6.45, 7) is 0. The molecule has 0 aliphatic heterocycles. The van der Waals surface area contributed by atoms with E-state index in [1.165, 1.54) is 23.6 Å². The van der Waals surface area contributed by atoms with E-state index < -0.39 is 0 Å². The lowest BCUT2D eigenvalue weighted by Gasteiger charge is -2.07. The van der Waals surface area contributed by atoms with Gasteiger partial charge in [0.1, 0.15) is 30.1 Å². The first-order valence-electron chi connectivity index (χ1n) is 9.00. The van der Waals surface area contributed by atoms with Gasteiger partial charge in [0.15, 0.2) is 0 Å². The first-order valence-corrected chi connectivity index (χ1v) is 9.82. The van der Waals surface area contributed by atoms with Gasteiger partial charge >= 0.3 is 0 Å². The zero-order valence-corrected chi connectivity index (χ0v) is 16.6. The molecule has 0 fully saturated rings. The molecule has 3 aromatic carbocycles. The Hall–Kier alpha value is -3.78. The number of hydrogen-bond donors (Lipinski definition) is 2. The van der Waals surface area contributed by atoms with Crippen LogP contribution in [0.1, 0.15) is 0 Å². The molecule has 2 heterocycles. The number of nitrogens with two attached hydrogens (primary N) is 2. The van der Waals surface area contributed by atoms with Crippen molar-refractivity contribution in [2.75, 3.05) is 11.5 Å². The van der Waals surface area contributed by atoms with Crippen molar-refractivity contribution in [3.8, 4) is 0 Å². The topological polar surface area (TPSA) is 104 Å². The molecule has 0 spiro atoms. The van der Waals surface area contributed by atoms with Gasteiger partial charge < -0.3 is 11.5 Å². The average molecular weight is 416 g/mol. The molecule has 0 atom stereocenters. The van der Waals surface area contributed by atoms with E-state index in [1.54, 1.807) is 23.9 Å². The summed E-state index contributed by atoms with van der Waals surface area (Å²) < 4.78 is 13.1. The lowest BCUT2D eigenvalue weighted by Crippen LogP contribution is -1.94. The van der Waals surface area contributed by atoms with Gasteiger partial charge in [-0.1, -0.05) is 42.1 Å². The Morgan fingerprint density at radius 1 is 0.633 bits per heavy atom. The summed E-state index contributed by atoms with van der Waals surface area (Å²) in [5.74, 6) is 0.322. The smallest absolute Gasteiger partial charge is 0.137 e. The number of fused-ring (bicyclic) bond motifs is 2. The summed E-state index contributed by atoms with van der Waals surface area (Å²) in [4.78, 5) is 18.1. The van der Waals surface area contributed by atoms with E-state index in [1.807, 2.05) is 36.4 Å². The molecule has 5 aromatic rings. The lowest BCUT2D eigenvalue weighted by molar-refractivity contribution is 0.639. The van der Waals surface area contributed by atoms with Crippen molar-refractivity contribution in [1.29, 1.82) is 0 Å². The van der Waals surface area contributed by atoms with Crippen LogP contribution in [-0.2, 0) is 0 Å². The van der Waals surface area contributed by atoms with Gasteiger partial charge in [-0.25, -0.2) is 24.3 Å². The number of anilines is 2. The molecule has 30 heavy (non-hydrogen) atoms. The van der Waals surface area contributed by atoms with Crippen LogP contribution in [0.15, 0.2) is 89.2 Å². The zero-order valence-electron chi connectivity index (χ0n) is 15.7. The molecule has 148 valence electrons. The van der Waals surface area contributed by atoms with Gasteiger partial charge in [0.05, 0.1) is 21.8 Å². The summed E-state index contributed by atoms with van der Waals surface area (Å²) in [6.07, 6.45) is 2.81. The predicted molar refractivity (Wildman–Crippen MR) is 118 cm³/mol. The monoisotopic (exact) mass is 416 g/mol. The molecule has 0 aliphatic carbocycles. The molecule has 5 rings (SSSR count). The summed E-state index contributed by atoms with van der Waals surface area (Å²) >= 11 is 1.67. The van der Waals surface area contributed by atoms with Crippen molar-refractivity contribution in [3.63, 3.8) is 0 Å². The maximum Gasteiger partial charge on any atom is 0.137 e. The van der Waals surface area contributed by atoms with Gasteiger partial charge in [0, 0.05) is 9.79 Å². The molecule has 0 saturated heterocycles. The van der Waals surface area contributed by atoms with Crippen LogP contribution in [-0.4, -0.2) is 19.9 Å². The fraction of sp³-hybridized carbons (Fsp3) is 0. The highest BCUT2D eigenvalue weighted by Crippen LogP contribution is 2.34. The third kappa shape index (κ3) is 4.13. The van der Waals surface area contributed by atoms with Gasteiger partial charge in [-0.15, -0.1) is 0 Å². The predicted octanol–water partition coefficient (Wildman–Crippen LogP) is 4.71. The van der Waals surface area contributed by atoms with Crippen LogP contribution in [0, 0.1) is 5.82 Å². The van der Waals surface area contributed by atoms with Gasteiger partial charge in [-0.05, 0) is 36.4 Å². The number of aromatic nitrogens is 4. The minimum Gasteiger partial charge on any atom is -0.383 e. The summed E-state index contributed by atoms with van der Waals surface area (Å²) in [6, 6.07) is 20.8. The maximum absolute atomic E-state index is 13.1. The van der Waals surface area contributed by atoms with Crippen LogP contribution in [0.4, 0.5) is 16.0 Å². The molecule has 8 heteroatoms. The van der Waals surface area contributed by atoms with Crippen molar-refractivity contribution in [3.05, 3.63) is 85.2 Å². The van der Waals surface area contributed by atoms with Crippen molar-refractivity contribution in [1.82, 2.24) is 19.9 Å². The molecule has 0 unspecified atom stereocenters. The summed E-state index contributed by atoms with van der Waals surface area (Å²) in [5, 5.41) is 1.22. The number of nitrogens with zero attached hydrogens (tertiary/aromatic N) is 4. The normalized spacial score (nSPS) is 10.6. The number of rotatable bonds is 2. The van der Waals surface area contributed by atoms with Crippen LogP contribution in [0.25, 0.3) is 21.8 Å². The lowest BCUT2D eigenvalue weighted by atomic mass is 10.2. The van der Waals surface area contributed by atoms with E-state index in [2.05, 4.69) is 32.1 Å². The third-order valence-corrected chi connectivity index (χ3v) is 5.33. The highest BCUT2D eigenvalue weighted by atomic mass is 32.2. The Labute approximate surface area is 176 Å². The Morgan fingerprint density at radius 3 is 1.90 bits per heavy atom. The number of benzene rings is 3. The van der Waals surface area contributed by atoms with E-state index in [-0.39, 0.29) is 11.6 Å². The summed E-state index contributed by atoms with van der Waals surface area (Å²) in [7, 11) is 0.